The predicted molar refractivity (Wildman–Crippen MR) is 126 cm³/mol. The molecule has 0 spiro atoms. The number of benzene rings is 3. The Kier molecular flexibility index (Phi) is 6.81. The summed E-state index contributed by atoms with van der Waals surface area (Å²) in [5.74, 6) is -0.209. The summed E-state index contributed by atoms with van der Waals surface area (Å²) < 4.78 is 46.9. The van der Waals surface area contributed by atoms with Crippen LogP contribution in [-0.4, -0.2) is 4.98 Å². The summed E-state index contributed by atoms with van der Waals surface area (Å²) >= 11 is 1.35. The average Bonchev–Trinajstić information content (AvgIpc) is 3.33. The van der Waals surface area contributed by atoms with Crippen molar-refractivity contribution in [2.24, 2.45) is 5.73 Å². The van der Waals surface area contributed by atoms with E-state index >= 15 is 0 Å². The van der Waals surface area contributed by atoms with Crippen LogP contribution in [0.25, 0.3) is 22.4 Å². The van der Waals surface area contributed by atoms with Gasteiger partial charge >= 0.3 is 6.18 Å². The van der Waals surface area contributed by atoms with Gasteiger partial charge in [0.15, 0.2) is 0 Å². The van der Waals surface area contributed by atoms with E-state index in [9.17, 15) is 13.2 Å². The van der Waals surface area contributed by atoms with Gasteiger partial charge in [-0.25, -0.2) is 4.98 Å². The van der Waals surface area contributed by atoms with Gasteiger partial charge in [0.05, 0.1) is 17.3 Å². The Morgan fingerprint density at radius 1 is 0.939 bits per heavy atom. The second kappa shape index (κ2) is 9.77. The van der Waals surface area contributed by atoms with Crippen LogP contribution in [0.5, 0.6) is 5.75 Å². The molecule has 0 saturated heterocycles. The fourth-order valence-electron chi connectivity index (χ4n) is 3.39. The number of alkyl halides is 3. The van der Waals surface area contributed by atoms with Gasteiger partial charge in [0.1, 0.15) is 17.4 Å². The standard InChI is InChI=1S/C26H23F3N2OS/c1-2-22(30)25-31-23(16-33-25)20-12-13-24(21(14-20)26(27,28)29)32-15-17-8-10-19(11-9-17)18-6-4-3-5-7-18/h3-14,16,22H,2,15,30H2,1H3. The highest BCUT2D eigenvalue weighted by molar-refractivity contribution is 7.10. The van der Waals surface area contributed by atoms with E-state index in [1.807, 2.05) is 61.5 Å². The monoisotopic (exact) mass is 468 g/mol. The molecule has 2 N–H and O–H groups in total. The van der Waals surface area contributed by atoms with Gasteiger partial charge in [-0.3, -0.25) is 0 Å². The van der Waals surface area contributed by atoms with Gasteiger partial charge in [-0.15, -0.1) is 11.3 Å². The first kappa shape index (κ1) is 23.0. The highest BCUT2D eigenvalue weighted by Crippen LogP contribution is 2.39. The molecule has 3 nitrogen and oxygen atoms in total. The van der Waals surface area contributed by atoms with Gasteiger partial charge in [0.25, 0.3) is 0 Å². The normalized spacial score (nSPS) is 12.5. The first-order valence-corrected chi connectivity index (χ1v) is 11.4. The molecule has 1 aromatic heterocycles. The van der Waals surface area contributed by atoms with Crippen LogP contribution in [0.2, 0.25) is 0 Å². The van der Waals surface area contributed by atoms with Crippen molar-refractivity contribution in [2.45, 2.75) is 32.2 Å². The Labute approximate surface area is 194 Å². The number of hydrogen-bond acceptors (Lipinski definition) is 4. The SMILES string of the molecule is CCC(N)c1nc(-c2ccc(OCc3ccc(-c4ccccc4)cc3)c(C(F)(F)F)c2)cs1. The highest BCUT2D eigenvalue weighted by atomic mass is 32.1. The van der Waals surface area contributed by atoms with Gasteiger partial charge in [-0.1, -0.05) is 61.5 Å². The lowest BCUT2D eigenvalue weighted by molar-refractivity contribution is -0.139. The Morgan fingerprint density at radius 2 is 1.61 bits per heavy atom. The number of rotatable bonds is 7. The first-order chi connectivity index (χ1) is 15.8. The summed E-state index contributed by atoms with van der Waals surface area (Å²) in [6, 6.07) is 21.3. The Balaban J connectivity index is 1.53. The van der Waals surface area contributed by atoms with E-state index in [0.29, 0.717) is 22.7 Å². The van der Waals surface area contributed by atoms with E-state index in [4.69, 9.17) is 10.5 Å². The molecule has 1 heterocycles. The molecular formula is C26H23F3N2OS. The minimum atomic E-state index is -4.55. The minimum absolute atomic E-state index is 0.0314. The molecule has 0 bridgehead atoms. The molecule has 0 amide bonds. The molecule has 3 aromatic carbocycles. The van der Waals surface area contributed by atoms with Crippen LogP contribution in [-0.2, 0) is 12.8 Å². The number of nitrogens with two attached hydrogens (primary N) is 1. The van der Waals surface area contributed by atoms with Gasteiger partial charge in [-0.2, -0.15) is 13.2 Å². The molecule has 0 aliphatic carbocycles. The van der Waals surface area contributed by atoms with Crippen molar-refractivity contribution in [1.29, 1.82) is 0 Å². The van der Waals surface area contributed by atoms with Crippen molar-refractivity contribution in [3.05, 3.63) is 94.3 Å². The van der Waals surface area contributed by atoms with E-state index in [-0.39, 0.29) is 18.4 Å². The molecule has 0 saturated carbocycles. The topological polar surface area (TPSA) is 48.1 Å². The summed E-state index contributed by atoms with van der Waals surface area (Å²) in [6.45, 7) is 1.97. The smallest absolute Gasteiger partial charge is 0.419 e. The maximum absolute atomic E-state index is 13.8. The van der Waals surface area contributed by atoms with Crippen molar-refractivity contribution in [3.63, 3.8) is 0 Å². The molecule has 0 aliphatic rings. The molecular weight excluding hydrogens is 445 g/mol. The Morgan fingerprint density at radius 3 is 2.27 bits per heavy atom. The first-order valence-electron chi connectivity index (χ1n) is 10.5. The number of aromatic nitrogens is 1. The quantitative estimate of drug-likeness (QED) is 0.306. The number of halogens is 3. The van der Waals surface area contributed by atoms with Crippen molar-refractivity contribution >= 4 is 11.3 Å². The highest BCUT2D eigenvalue weighted by Gasteiger charge is 2.35. The number of nitrogens with zero attached hydrogens (tertiary/aromatic N) is 1. The molecule has 4 rings (SSSR count). The maximum atomic E-state index is 13.8. The number of hydrogen-bond donors (Lipinski definition) is 1. The number of thiazole rings is 1. The second-order valence-electron chi connectivity index (χ2n) is 7.65. The third-order valence-electron chi connectivity index (χ3n) is 5.32. The lowest BCUT2D eigenvalue weighted by Crippen LogP contribution is -2.09. The van der Waals surface area contributed by atoms with Crippen LogP contribution in [0.15, 0.2) is 78.2 Å². The number of ether oxygens (including phenoxy) is 1. The molecule has 4 aromatic rings. The molecule has 33 heavy (non-hydrogen) atoms. The average molecular weight is 469 g/mol. The van der Waals surface area contributed by atoms with Crippen LogP contribution < -0.4 is 10.5 Å². The zero-order valence-electron chi connectivity index (χ0n) is 18.0. The molecule has 7 heteroatoms. The zero-order valence-corrected chi connectivity index (χ0v) is 18.8. The predicted octanol–water partition coefficient (Wildman–Crippen LogP) is 7.48. The summed E-state index contributed by atoms with van der Waals surface area (Å²) in [5, 5.41) is 2.44. The van der Waals surface area contributed by atoms with Crippen LogP contribution in [0.1, 0.15) is 35.5 Å². The third-order valence-corrected chi connectivity index (χ3v) is 6.29. The van der Waals surface area contributed by atoms with Gasteiger partial charge in [-0.05, 0) is 41.3 Å². The van der Waals surface area contributed by atoms with Crippen LogP contribution >= 0.6 is 11.3 Å². The Hall–Kier alpha value is -3.16. The van der Waals surface area contributed by atoms with Gasteiger partial charge < -0.3 is 10.5 Å². The van der Waals surface area contributed by atoms with E-state index in [0.717, 1.165) is 22.8 Å². The minimum Gasteiger partial charge on any atom is -0.488 e. The maximum Gasteiger partial charge on any atom is 0.419 e. The van der Waals surface area contributed by atoms with Crippen LogP contribution in [0.4, 0.5) is 13.2 Å². The zero-order chi connectivity index (χ0) is 23.4. The van der Waals surface area contributed by atoms with Crippen molar-refractivity contribution < 1.29 is 17.9 Å². The van der Waals surface area contributed by atoms with Crippen molar-refractivity contribution in [3.8, 4) is 28.1 Å². The van der Waals surface area contributed by atoms with Crippen molar-refractivity contribution in [2.75, 3.05) is 0 Å². The largest absolute Gasteiger partial charge is 0.488 e. The molecule has 1 atom stereocenters. The van der Waals surface area contributed by atoms with E-state index in [2.05, 4.69) is 4.98 Å². The van der Waals surface area contributed by atoms with E-state index in [1.165, 1.54) is 17.4 Å². The second-order valence-corrected chi connectivity index (χ2v) is 8.54. The van der Waals surface area contributed by atoms with Crippen LogP contribution in [0.3, 0.4) is 0 Å². The van der Waals surface area contributed by atoms with Gasteiger partial charge in [0.2, 0.25) is 0 Å². The molecule has 0 fully saturated rings. The molecule has 1 unspecified atom stereocenters. The summed E-state index contributed by atoms with van der Waals surface area (Å²) in [7, 11) is 0. The van der Waals surface area contributed by atoms with E-state index < -0.39 is 11.7 Å². The van der Waals surface area contributed by atoms with Gasteiger partial charge in [0, 0.05) is 10.9 Å². The molecule has 0 aliphatic heterocycles. The fraction of sp³-hybridized carbons (Fsp3) is 0.192. The van der Waals surface area contributed by atoms with Crippen molar-refractivity contribution in [1.82, 2.24) is 4.98 Å². The summed E-state index contributed by atoms with van der Waals surface area (Å²) in [5.41, 5.74) is 8.92. The fourth-order valence-corrected chi connectivity index (χ4v) is 4.30. The molecule has 170 valence electrons. The summed E-state index contributed by atoms with van der Waals surface area (Å²) in [4.78, 5) is 4.42. The third kappa shape index (κ3) is 5.43. The molecule has 0 radical (unpaired) electrons. The van der Waals surface area contributed by atoms with Crippen LogP contribution in [0, 0.1) is 0 Å². The summed E-state index contributed by atoms with van der Waals surface area (Å²) in [6.07, 6.45) is -3.85. The van der Waals surface area contributed by atoms with E-state index in [1.54, 1.807) is 11.4 Å². The lowest BCUT2D eigenvalue weighted by atomic mass is 10.0. The lowest BCUT2D eigenvalue weighted by Gasteiger charge is -2.15. The Bertz CT molecular complexity index is 1200.